The molecule has 0 saturated heterocycles. The zero-order valence-electron chi connectivity index (χ0n) is 36.4. The highest BCUT2D eigenvalue weighted by Crippen LogP contribution is 2.52. The summed E-state index contributed by atoms with van der Waals surface area (Å²) in [5.74, 6) is 1.04. The second-order valence-corrected chi connectivity index (χ2v) is 25.0. The van der Waals surface area contributed by atoms with Crippen molar-refractivity contribution in [1.29, 1.82) is 0 Å². The Morgan fingerprint density at radius 3 is 2.26 bits per heavy atom. The van der Waals surface area contributed by atoms with Crippen molar-refractivity contribution >= 4 is 75.0 Å². The lowest BCUT2D eigenvalue weighted by atomic mass is 9.95. The molecule has 1 N–H and O–H groups in total. The number of thiophene rings is 1. The van der Waals surface area contributed by atoms with Gasteiger partial charge in [-0.2, -0.15) is 0 Å². The Bertz CT molecular complexity index is 2320. The molecule has 2 heterocycles. The molecule has 15 heteroatoms. The number of ether oxygens (including phenoxy) is 5. The molecular weight excluding hydrogens is 919 g/mol. The molecule has 0 radical (unpaired) electrons. The summed E-state index contributed by atoms with van der Waals surface area (Å²) < 4.78 is 38.3. The third-order valence-corrected chi connectivity index (χ3v) is 17.3. The molecular formula is C46H55BrCl2N2O8SSi. The lowest BCUT2D eigenvalue weighted by Gasteiger charge is -2.36. The van der Waals surface area contributed by atoms with Crippen molar-refractivity contribution in [2.75, 3.05) is 19.8 Å². The first kappa shape index (κ1) is 48.3. The number of carbonyl (C=O) groups is 1. The SMILES string of the molecule is C=CCOC[C@H](CO)Oc1c(Cl)c(C)c(-c2c(Br)sc3ncnc(O[C@H](Cc4cc(O[Si](C)(C)C(C)(C)C)ccc4OCc4ccccc4)C(=O)OC(C)(C)C)c23)c(C)c1Cl. The Labute approximate surface area is 382 Å². The molecule has 3 aromatic carbocycles. The van der Waals surface area contributed by atoms with Gasteiger partial charge < -0.3 is 33.2 Å². The summed E-state index contributed by atoms with van der Waals surface area (Å²) in [6.45, 7) is 24.1. The molecule has 61 heavy (non-hydrogen) atoms. The van der Waals surface area contributed by atoms with Gasteiger partial charge in [-0.15, -0.1) is 17.9 Å². The Kier molecular flexibility index (Phi) is 16.0. The zero-order valence-corrected chi connectivity index (χ0v) is 41.3. The van der Waals surface area contributed by atoms with Gasteiger partial charge in [0.15, 0.2) is 5.75 Å². The first-order valence-corrected chi connectivity index (χ1v) is 25.2. The minimum atomic E-state index is -2.25. The van der Waals surface area contributed by atoms with Gasteiger partial charge in [-0.1, -0.05) is 80.4 Å². The highest BCUT2D eigenvalue weighted by atomic mass is 79.9. The second-order valence-electron chi connectivity index (χ2n) is 17.2. The number of nitrogens with zero attached hydrogens (tertiary/aromatic N) is 2. The third kappa shape index (κ3) is 11.9. The van der Waals surface area contributed by atoms with Gasteiger partial charge in [0.1, 0.15) is 41.0 Å². The summed E-state index contributed by atoms with van der Waals surface area (Å²) in [5.41, 5.74) is 3.54. The van der Waals surface area contributed by atoms with Gasteiger partial charge in [0.2, 0.25) is 20.3 Å². The number of halogens is 3. The maximum absolute atomic E-state index is 14.3. The summed E-state index contributed by atoms with van der Waals surface area (Å²) in [6, 6.07) is 15.6. The minimum Gasteiger partial charge on any atom is -0.543 e. The van der Waals surface area contributed by atoms with Gasteiger partial charge in [-0.3, -0.25) is 0 Å². The van der Waals surface area contributed by atoms with E-state index in [1.165, 1.54) is 17.7 Å². The smallest absolute Gasteiger partial charge is 0.348 e. The fraction of sp³-hybridized carbons (Fsp3) is 0.413. The fourth-order valence-electron chi connectivity index (χ4n) is 6.16. The maximum atomic E-state index is 14.3. The molecule has 328 valence electrons. The lowest BCUT2D eigenvalue weighted by molar-refractivity contribution is -0.163. The number of rotatable bonds is 18. The average molecular weight is 975 g/mol. The number of hydrogen-bond donors (Lipinski definition) is 1. The maximum Gasteiger partial charge on any atom is 0.348 e. The molecule has 0 unspecified atom stereocenters. The highest BCUT2D eigenvalue weighted by molar-refractivity contribution is 9.11. The predicted molar refractivity (Wildman–Crippen MR) is 252 cm³/mol. The van der Waals surface area contributed by atoms with Crippen molar-refractivity contribution in [3.8, 4) is 34.3 Å². The fourth-order valence-corrected chi connectivity index (χ4v) is 9.42. The zero-order chi connectivity index (χ0) is 44.9. The van der Waals surface area contributed by atoms with Gasteiger partial charge in [0.25, 0.3) is 0 Å². The monoisotopic (exact) mass is 972 g/mol. The molecule has 0 fully saturated rings. The van der Waals surface area contributed by atoms with Crippen molar-refractivity contribution in [3.05, 3.63) is 104 Å². The van der Waals surface area contributed by atoms with Crippen LogP contribution in [-0.4, -0.2) is 67.0 Å². The molecule has 5 rings (SSSR count). The summed E-state index contributed by atoms with van der Waals surface area (Å²) in [4.78, 5) is 24.1. The van der Waals surface area contributed by atoms with Crippen molar-refractivity contribution in [2.24, 2.45) is 0 Å². The van der Waals surface area contributed by atoms with Crippen molar-refractivity contribution in [2.45, 2.75) is 104 Å². The molecule has 0 bridgehead atoms. The van der Waals surface area contributed by atoms with E-state index in [1.807, 2.05) is 83.1 Å². The third-order valence-electron chi connectivity index (χ3n) is 10.3. The van der Waals surface area contributed by atoms with E-state index in [9.17, 15) is 9.90 Å². The largest absolute Gasteiger partial charge is 0.543 e. The molecule has 0 saturated carbocycles. The minimum absolute atomic E-state index is 0.0523. The number of carbonyl (C=O) groups excluding carboxylic acids is 1. The van der Waals surface area contributed by atoms with Crippen molar-refractivity contribution < 1.29 is 38.0 Å². The van der Waals surface area contributed by atoms with Gasteiger partial charge >= 0.3 is 5.97 Å². The van der Waals surface area contributed by atoms with E-state index in [-0.39, 0.29) is 46.3 Å². The van der Waals surface area contributed by atoms with Crippen LogP contribution < -0.4 is 18.6 Å². The van der Waals surface area contributed by atoms with Gasteiger partial charge in [-0.05, 0) is 109 Å². The predicted octanol–water partition coefficient (Wildman–Crippen LogP) is 12.3. The van der Waals surface area contributed by atoms with E-state index in [2.05, 4.69) is 66.3 Å². The molecule has 5 aromatic rings. The van der Waals surface area contributed by atoms with E-state index in [0.717, 1.165) is 5.56 Å². The molecule has 0 aliphatic rings. The Morgan fingerprint density at radius 1 is 0.984 bits per heavy atom. The lowest BCUT2D eigenvalue weighted by Crippen LogP contribution is -2.43. The van der Waals surface area contributed by atoms with Gasteiger partial charge in [-0.25, -0.2) is 14.8 Å². The van der Waals surface area contributed by atoms with Crippen LogP contribution in [0, 0.1) is 13.8 Å². The highest BCUT2D eigenvalue weighted by Gasteiger charge is 2.39. The normalized spacial score (nSPS) is 13.1. The first-order chi connectivity index (χ1) is 28.7. The van der Waals surface area contributed by atoms with Crippen LogP contribution in [0.25, 0.3) is 21.3 Å². The number of hydrogen-bond acceptors (Lipinski definition) is 11. The van der Waals surface area contributed by atoms with Crippen LogP contribution in [0.15, 0.2) is 71.3 Å². The van der Waals surface area contributed by atoms with Crippen LogP contribution in [0.5, 0.6) is 23.1 Å². The van der Waals surface area contributed by atoms with E-state index < -0.39 is 32.1 Å². The van der Waals surface area contributed by atoms with Gasteiger partial charge in [0, 0.05) is 17.5 Å². The summed E-state index contributed by atoms with van der Waals surface area (Å²) >= 11 is 19.2. The number of aliphatic hydroxyl groups excluding tert-OH is 1. The van der Waals surface area contributed by atoms with E-state index >= 15 is 0 Å². The summed E-state index contributed by atoms with van der Waals surface area (Å²) in [6.07, 6.45) is 1.16. The first-order valence-electron chi connectivity index (χ1n) is 19.9. The van der Waals surface area contributed by atoms with Crippen molar-refractivity contribution in [1.82, 2.24) is 9.97 Å². The Morgan fingerprint density at radius 2 is 1.66 bits per heavy atom. The Hall–Kier alpha value is -3.69. The van der Waals surface area contributed by atoms with Crippen LogP contribution in [0.4, 0.5) is 0 Å². The van der Waals surface area contributed by atoms with Gasteiger partial charge in [0.05, 0.1) is 39.0 Å². The van der Waals surface area contributed by atoms with Crippen molar-refractivity contribution in [3.63, 3.8) is 0 Å². The van der Waals surface area contributed by atoms with Crippen LogP contribution in [-0.2, 0) is 27.3 Å². The number of aromatic nitrogens is 2. The number of fused-ring (bicyclic) bond motifs is 1. The Balaban J connectivity index is 1.62. The molecule has 0 aliphatic heterocycles. The average Bonchev–Trinajstić information content (AvgIpc) is 3.52. The molecule has 2 atom stereocenters. The molecule has 0 amide bonds. The number of aliphatic hydroxyl groups is 1. The van der Waals surface area contributed by atoms with E-state index in [0.29, 0.717) is 66.5 Å². The number of benzene rings is 3. The van der Waals surface area contributed by atoms with Crippen LogP contribution in [0.1, 0.15) is 63.8 Å². The summed E-state index contributed by atoms with van der Waals surface area (Å²) in [7, 11) is -2.25. The second kappa shape index (κ2) is 20.2. The number of esters is 1. The van der Waals surface area contributed by atoms with Crippen LogP contribution in [0.2, 0.25) is 28.2 Å². The standard InChI is InChI=1S/C46H55BrCl2N2O8SSi/c1-12-20-54-25-32(23-52)56-40-38(48)27(2)35(28(3)39(40)49)36-37-42(50-26-51-43(37)60-41(36)47)57-34(44(53)58-45(4,5)6)22-30-21-31(59-61(10,11)46(7,8)9)18-19-33(30)55-24-29-16-14-13-15-17-29/h12-19,21,26,32,34,52H,1,20,22-25H2,2-11H3/t32-,34+/m0/s1. The van der Waals surface area contributed by atoms with Crippen LogP contribution in [0.3, 0.4) is 0 Å². The molecule has 0 spiro atoms. The molecule has 2 aromatic heterocycles. The summed E-state index contributed by atoms with van der Waals surface area (Å²) in [5, 5.41) is 11.1. The quantitative estimate of drug-likeness (QED) is 0.0393. The van der Waals surface area contributed by atoms with E-state index in [4.69, 9.17) is 51.3 Å². The van der Waals surface area contributed by atoms with E-state index in [1.54, 1.807) is 6.08 Å². The van der Waals surface area contributed by atoms with Crippen LogP contribution >= 0.6 is 50.5 Å². The molecule has 10 nitrogen and oxygen atoms in total. The topological polar surface area (TPSA) is 118 Å². The molecule has 0 aliphatic carbocycles.